The summed E-state index contributed by atoms with van der Waals surface area (Å²) in [7, 11) is 1.79. The van der Waals surface area contributed by atoms with Crippen molar-refractivity contribution in [1.29, 1.82) is 0 Å². The van der Waals surface area contributed by atoms with E-state index in [1.807, 2.05) is 61.5 Å². The first-order valence-electron chi connectivity index (χ1n) is 9.33. The zero-order chi connectivity index (χ0) is 20.3. The lowest BCUT2D eigenvalue weighted by molar-refractivity contribution is -0.122. The molecular formula is C22H25N3O3. The van der Waals surface area contributed by atoms with Crippen LogP contribution < -0.4 is 15.6 Å². The van der Waals surface area contributed by atoms with Gasteiger partial charge in [0.05, 0.1) is 11.4 Å². The molecular weight excluding hydrogens is 354 g/mol. The summed E-state index contributed by atoms with van der Waals surface area (Å²) in [4.78, 5) is 25.6. The van der Waals surface area contributed by atoms with E-state index in [0.717, 1.165) is 17.7 Å². The number of ether oxygens (including phenoxy) is 1. The van der Waals surface area contributed by atoms with Gasteiger partial charge in [0.1, 0.15) is 11.4 Å². The van der Waals surface area contributed by atoms with Crippen molar-refractivity contribution in [1.82, 2.24) is 9.36 Å². The van der Waals surface area contributed by atoms with Crippen LogP contribution in [0.1, 0.15) is 25.1 Å². The molecule has 0 fully saturated rings. The largest absolute Gasteiger partial charge is 0.481 e. The first-order chi connectivity index (χ1) is 13.4. The Morgan fingerprint density at radius 3 is 2.43 bits per heavy atom. The molecule has 0 saturated heterocycles. The van der Waals surface area contributed by atoms with Gasteiger partial charge >= 0.3 is 0 Å². The fourth-order valence-electron chi connectivity index (χ4n) is 3.09. The molecule has 0 unspecified atom stereocenters. The number of nitrogens with one attached hydrogen (secondary N) is 1. The van der Waals surface area contributed by atoms with Crippen molar-refractivity contribution in [2.75, 3.05) is 5.32 Å². The second kappa shape index (κ2) is 8.17. The number of hydrogen-bond acceptors (Lipinski definition) is 3. The molecule has 0 spiro atoms. The number of hydrogen-bond donors (Lipinski definition) is 1. The van der Waals surface area contributed by atoms with E-state index in [-0.39, 0.29) is 17.2 Å². The first-order valence-corrected chi connectivity index (χ1v) is 9.33. The van der Waals surface area contributed by atoms with E-state index in [1.54, 1.807) is 25.6 Å². The quantitative estimate of drug-likeness (QED) is 0.713. The third kappa shape index (κ3) is 3.71. The number of rotatable bonds is 6. The van der Waals surface area contributed by atoms with Gasteiger partial charge in [0.15, 0.2) is 6.10 Å². The second-order valence-electron chi connectivity index (χ2n) is 6.65. The number of benzene rings is 2. The Hall–Kier alpha value is -3.28. The van der Waals surface area contributed by atoms with Crippen molar-refractivity contribution in [3.8, 4) is 11.4 Å². The zero-order valence-electron chi connectivity index (χ0n) is 16.6. The van der Waals surface area contributed by atoms with Crippen LogP contribution in [0.2, 0.25) is 0 Å². The molecule has 3 aromatic rings. The molecule has 0 aliphatic rings. The Labute approximate surface area is 164 Å². The summed E-state index contributed by atoms with van der Waals surface area (Å²) in [6.45, 7) is 5.51. The number of nitrogens with zero attached hydrogens (tertiary/aromatic N) is 2. The lowest BCUT2D eigenvalue weighted by Crippen LogP contribution is -2.32. The highest BCUT2D eigenvalue weighted by Gasteiger charge is 2.22. The van der Waals surface area contributed by atoms with Crippen molar-refractivity contribution in [3.63, 3.8) is 0 Å². The third-order valence-corrected chi connectivity index (χ3v) is 4.83. The summed E-state index contributed by atoms with van der Waals surface area (Å²) in [5.41, 5.74) is 2.42. The number of aryl methyl sites for hydroxylation is 1. The Balaban J connectivity index is 1.84. The predicted molar refractivity (Wildman–Crippen MR) is 110 cm³/mol. The number of carbonyl (C=O) groups is 1. The monoisotopic (exact) mass is 379 g/mol. The molecule has 6 heteroatoms. The van der Waals surface area contributed by atoms with Crippen LogP contribution in [-0.2, 0) is 18.3 Å². The van der Waals surface area contributed by atoms with Crippen LogP contribution >= 0.6 is 0 Å². The highest BCUT2D eigenvalue weighted by atomic mass is 16.5. The van der Waals surface area contributed by atoms with Crippen molar-refractivity contribution in [2.45, 2.75) is 33.3 Å². The third-order valence-electron chi connectivity index (χ3n) is 4.83. The maximum atomic E-state index is 12.9. The lowest BCUT2D eigenvalue weighted by Gasteiger charge is -2.16. The highest BCUT2D eigenvalue weighted by Crippen LogP contribution is 2.20. The van der Waals surface area contributed by atoms with Gasteiger partial charge in [-0.25, -0.2) is 4.68 Å². The van der Waals surface area contributed by atoms with Gasteiger partial charge in [0, 0.05) is 7.05 Å². The second-order valence-corrected chi connectivity index (χ2v) is 6.65. The molecule has 1 amide bonds. The van der Waals surface area contributed by atoms with Gasteiger partial charge in [-0.1, -0.05) is 43.3 Å². The van der Waals surface area contributed by atoms with E-state index in [1.165, 1.54) is 4.68 Å². The standard InChI is InChI=1S/C22H25N3O3/c1-5-17-11-9-10-14-19(17)28-16(3)21(26)23-20-15(2)24(4)25(22(20)27)18-12-7-6-8-13-18/h6-14,16H,5H2,1-4H3,(H,23,26)/t16-/m1/s1. The van der Waals surface area contributed by atoms with Crippen molar-refractivity contribution >= 4 is 11.6 Å². The summed E-state index contributed by atoms with van der Waals surface area (Å²) >= 11 is 0. The topological polar surface area (TPSA) is 65.3 Å². The molecule has 6 nitrogen and oxygen atoms in total. The first kappa shape index (κ1) is 19.5. The fraction of sp³-hybridized carbons (Fsp3) is 0.273. The lowest BCUT2D eigenvalue weighted by atomic mass is 10.1. The van der Waals surface area contributed by atoms with Crippen LogP contribution in [0, 0.1) is 6.92 Å². The van der Waals surface area contributed by atoms with E-state index >= 15 is 0 Å². The summed E-state index contributed by atoms with van der Waals surface area (Å²) < 4.78 is 9.10. The molecule has 0 saturated carbocycles. The summed E-state index contributed by atoms with van der Waals surface area (Å²) in [5, 5.41) is 2.75. The molecule has 146 valence electrons. The molecule has 2 aromatic carbocycles. The van der Waals surface area contributed by atoms with Gasteiger partial charge in [0.25, 0.3) is 11.5 Å². The Morgan fingerprint density at radius 1 is 1.11 bits per heavy atom. The van der Waals surface area contributed by atoms with Crippen molar-refractivity contribution in [2.24, 2.45) is 7.05 Å². The Morgan fingerprint density at radius 2 is 1.75 bits per heavy atom. The van der Waals surface area contributed by atoms with Gasteiger partial charge in [-0.3, -0.25) is 14.3 Å². The number of anilines is 1. The summed E-state index contributed by atoms with van der Waals surface area (Å²) in [6.07, 6.45) is 0.0706. The average Bonchev–Trinajstić information content (AvgIpc) is 2.92. The van der Waals surface area contributed by atoms with Crippen molar-refractivity contribution in [3.05, 3.63) is 76.2 Å². The average molecular weight is 379 g/mol. The summed E-state index contributed by atoms with van der Waals surface area (Å²) in [5.74, 6) is 0.316. The van der Waals surface area contributed by atoms with Gasteiger partial charge < -0.3 is 10.1 Å². The molecule has 0 radical (unpaired) electrons. The van der Waals surface area contributed by atoms with E-state index in [0.29, 0.717) is 11.4 Å². The normalized spacial score (nSPS) is 11.9. The maximum Gasteiger partial charge on any atom is 0.295 e. The smallest absolute Gasteiger partial charge is 0.295 e. The summed E-state index contributed by atoms with van der Waals surface area (Å²) in [6, 6.07) is 16.9. The molecule has 0 bridgehead atoms. The van der Waals surface area contributed by atoms with E-state index in [4.69, 9.17) is 4.74 Å². The van der Waals surface area contributed by atoms with Gasteiger partial charge in [-0.15, -0.1) is 0 Å². The number of aromatic nitrogens is 2. The van der Waals surface area contributed by atoms with Crippen LogP contribution in [-0.4, -0.2) is 21.4 Å². The van der Waals surface area contributed by atoms with Crippen LogP contribution in [0.25, 0.3) is 5.69 Å². The van der Waals surface area contributed by atoms with Gasteiger partial charge in [-0.2, -0.15) is 0 Å². The zero-order valence-corrected chi connectivity index (χ0v) is 16.6. The minimum atomic E-state index is -0.739. The Bertz CT molecular complexity index is 1030. The molecule has 1 heterocycles. The molecule has 28 heavy (non-hydrogen) atoms. The molecule has 3 rings (SSSR count). The van der Waals surface area contributed by atoms with E-state index < -0.39 is 6.10 Å². The van der Waals surface area contributed by atoms with Crippen LogP contribution in [0.3, 0.4) is 0 Å². The number of para-hydroxylation sites is 2. The van der Waals surface area contributed by atoms with Crippen LogP contribution in [0.5, 0.6) is 5.75 Å². The SMILES string of the molecule is CCc1ccccc1O[C@H](C)C(=O)Nc1c(C)n(C)n(-c2ccccc2)c1=O. The van der Waals surface area contributed by atoms with E-state index in [9.17, 15) is 9.59 Å². The van der Waals surface area contributed by atoms with Gasteiger partial charge in [0.2, 0.25) is 0 Å². The van der Waals surface area contributed by atoms with Crippen LogP contribution in [0.15, 0.2) is 59.4 Å². The number of amides is 1. The predicted octanol–water partition coefficient (Wildman–Crippen LogP) is 3.45. The van der Waals surface area contributed by atoms with Crippen LogP contribution in [0.4, 0.5) is 5.69 Å². The van der Waals surface area contributed by atoms with E-state index in [2.05, 4.69) is 5.32 Å². The molecule has 1 atom stereocenters. The van der Waals surface area contributed by atoms with Crippen molar-refractivity contribution < 1.29 is 9.53 Å². The number of carbonyl (C=O) groups excluding carboxylic acids is 1. The molecule has 0 aliphatic heterocycles. The highest BCUT2D eigenvalue weighted by molar-refractivity contribution is 5.94. The fourth-order valence-corrected chi connectivity index (χ4v) is 3.09. The molecule has 0 aliphatic carbocycles. The molecule has 1 aromatic heterocycles. The maximum absolute atomic E-state index is 12.9. The minimum Gasteiger partial charge on any atom is -0.481 e. The van der Waals surface area contributed by atoms with Gasteiger partial charge in [-0.05, 0) is 44.0 Å². The Kier molecular flexibility index (Phi) is 5.68. The minimum absolute atomic E-state index is 0.260. The molecule has 1 N–H and O–H groups in total.